The van der Waals surface area contributed by atoms with Crippen LogP contribution in [0.25, 0.3) is 0 Å². The molecule has 0 aliphatic carbocycles. The van der Waals surface area contributed by atoms with Crippen LogP contribution in [0.15, 0.2) is 4.52 Å². The summed E-state index contributed by atoms with van der Waals surface area (Å²) in [5.41, 5.74) is 0. The fraction of sp³-hybridized carbons (Fsp3) is 0.500. The Kier molecular flexibility index (Phi) is 2.20. The van der Waals surface area contributed by atoms with Gasteiger partial charge in [0.15, 0.2) is 0 Å². The van der Waals surface area contributed by atoms with E-state index >= 15 is 0 Å². The van der Waals surface area contributed by atoms with Crippen molar-refractivity contribution >= 4 is 11.9 Å². The number of hydrogen-bond donors (Lipinski definition) is 1. The van der Waals surface area contributed by atoms with E-state index in [1.54, 1.807) is 13.8 Å². The highest BCUT2D eigenvalue weighted by atomic mass is 16.5. The summed E-state index contributed by atoms with van der Waals surface area (Å²) < 4.78 is 4.63. The van der Waals surface area contributed by atoms with Crippen molar-refractivity contribution in [1.29, 1.82) is 0 Å². The van der Waals surface area contributed by atoms with Crippen molar-refractivity contribution in [3.8, 4) is 0 Å². The highest BCUT2D eigenvalue weighted by Gasteiger charge is 2.03. The summed E-state index contributed by atoms with van der Waals surface area (Å²) in [5, 5.41) is 5.94. The van der Waals surface area contributed by atoms with E-state index in [1.807, 2.05) is 0 Å². The summed E-state index contributed by atoms with van der Waals surface area (Å²) >= 11 is 0. The topological polar surface area (TPSA) is 68.0 Å². The van der Waals surface area contributed by atoms with E-state index in [1.165, 1.54) is 0 Å². The molecule has 0 bridgehead atoms. The van der Waals surface area contributed by atoms with Crippen LogP contribution in [-0.2, 0) is 4.79 Å². The lowest BCUT2D eigenvalue weighted by Gasteiger charge is -1.92. The van der Waals surface area contributed by atoms with E-state index in [0.29, 0.717) is 12.3 Å². The minimum absolute atomic E-state index is 0.120. The van der Waals surface area contributed by atoms with Crippen molar-refractivity contribution in [3.05, 3.63) is 5.89 Å². The van der Waals surface area contributed by atoms with Crippen LogP contribution in [-0.4, -0.2) is 16.0 Å². The molecule has 1 amide bonds. The molecule has 1 aromatic rings. The first-order chi connectivity index (χ1) is 5.22. The van der Waals surface area contributed by atoms with Gasteiger partial charge in [-0.3, -0.25) is 10.1 Å². The monoisotopic (exact) mass is 155 g/mol. The second-order valence-corrected chi connectivity index (χ2v) is 2.04. The van der Waals surface area contributed by atoms with Crippen molar-refractivity contribution in [1.82, 2.24) is 10.1 Å². The van der Waals surface area contributed by atoms with Gasteiger partial charge < -0.3 is 4.52 Å². The van der Waals surface area contributed by atoms with Gasteiger partial charge in [-0.2, -0.15) is 4.98 Å². The molecule has 0 aliphatic rings. The Labute approximate surface area is 63.8 Å². The zero-order valence-corrected chi connectivity index (χ0v) is 6.42. The second-order valence-electron chi connectivity index (χ2n) is 2.04. The molecule has 0 unspecified atom stereocenters. The highest BCUT2D eigenvalue weighted by Crippen LogP contribution is 2.00. The normalized spacial score (nSPS) is 9.64. The Bertz CT molecular complexity index is 256. The van der Waals surface area contributed by atoms with Crippen molar-refractivity contribution in [2.75, 3.05) is 5.32 Å². The molecule has 1 rings (SSSR count). The smallest absolute Gasteiger partial charge is 0.270 e. The molecule has 5 nitrogen and oxygen atoms in total. The minimum atomic E-state index is -0.120. The minimum Gasteiger partial charge on any atom is -0.338 e. The lowest BCUT2D eigenvalue weighted by atomic mass is 10.5. The van der Waals surface area contributed by atoms with Crippen molar-refractivity contribution in [3.63, 3.8) is 0 Å². The summed E-state index contributed by atoms with van der Waals surface area (Å²) in [6.45, 7) is 3.41. The zero-order chi connectivity index (χ0) is 8.27. The fourth-order valence-corrected chi connectivity index (χ4v) is 0.563. The SMILES string of the molecule is CCC(=O)Nc1noc(C)n1. The predicted molar refractivity (Wildman–Crippen MR) is 38.0 cm³/mol. The predicted octanol–water partition coefficient (Wildman–Crippen LogP) is 0.727. The van der Waals surface area contributed by atoms with Gasteiger partial charge in [-0.25, -0.2) is 0 Å². The summed E-state index contributed by atoms with van der Waals surface area (Å²) in [6.07, 6.45) is 0.410. The first-order valence-corrected chi connectivity index (χ1v) is 3.32. The van der Waals surface area contributed by atoms with Gasteiger partial charge in [-0.1, -0.05) is 6.92 Å². The molecule has 0 saturated heterocycles. The molecule has 0 radical (unpaired) electrons. The molecule has 0 spiro atoms. The van der Waals surface area contributed by atoms with E-state index in [4.69, 9.17) is 0 Å². The molecule has 5 heteroatoms. The van der Waals surface area contributed by atoms with Crippen LogP contribution in [0.5, 0.6) is 0 Å². The van der Waals surface area contributed by atoms with E-state index in [-0.39, 0.29) is 11.9 Å². The van der Waals surface area contributed by atoms with Gasteiger partial charge in [-0.15, -0.1) is 0 Å². The van der Waals surface area contributed by atoms with Crippen LogP contribution in [0, 0.1) is 6.92 Å². The summed E-state index contributed by atoms with van der Waals surface area (Å²) in [4.78, 5) is 14.5. The molecular weight excluding hydrogens is 146 g/mol. The van der Waals surface area contributed by atoms with E-state index < -0.39 is 0 Å². The Morgan fingerprint density at radius 3 is 2.91 bits per heavy atom. The molecular formula is C6H9N3O2. The van der Waals surface area contributed by atoms with Crippen LogP contribution in [0.2, 0.25) is 0 Å². The number of amides is 1. The standard InChI is InChI=1S/C6H9N3O2/c1-3-5(10)8-6-7-4(2)11-9-6/h3H2,1-2H3,(H,8,9,10). The number of carbonyl (C=O) groups excluding carboxylic acids is 1. The van der Waals surface area contributed by atoms with Gasteiger partial charge in [-0.05, 0) is 5.16 Å². The van der Waals surface area contributed by atoms with Gasteiger partial charge in [0.1, 0.15) is 0 Å². The summed E-state index contributed by atoms with van der Waals surface area (Å²) in [5.74, 6) is 0.552. The molecule has 0 aromatic carbocycles. The largest absolute Gasteiger partial charge is 0.338 e. The third-order valence-corrected chi connectivity index (χ3v) is 1.10. The zero-order valence-electron chi connectivity index (χ0n) is 6.42. The number of aromatic nitrogens is 2. The van der Waals surface area contributed by atoms with Crippen molar-refractivity contribution < 1.29 is 9.32 Å². The number of rotatable bonds is 2. The van der Waals surface area contributed by atoms with E-state index in [2.05, 4.69) is 20.0 Å². The molecule has 1 aromatic heterocycles. The maximum atomic E-state index is 10.8. The number of anilines is 1. The van der Waals surface area contributed by atoms with E-state index in [9.17, 15) is 4.79 Å². The van der Waals surface area contributed by atoms with Gasteiger partial charge in [0.2, 0.25) is 11.8 Å². The molecule has 60 valence electrons. The Morgan fingerprint density at radius 1 is 1.73 bits per heavy atom. The maximum Gasteiger partial charge on any atom is 0.270 e. The summed E-state index contributed by atoms with van der Waals surface area (Å²) in [7, 11) is 0. The van der Waals surface area contributed by atoms with Crippen LogP contribution >= 0.6 is 0 Å². The molecule has 11 heavy (non-hydrogen) atoms. The molecule has 0 saturated carbocycles. The number of carbonyl (C=O) groups is 1. The van der Waals surface area contributed by atoms with Gasteiger partial charge >= 0.3 is 0 Å². The van der Waals surface area contributed by atoms with Crippen LogP contribution in [0.4, 0.5) is 5.95 Å². The lowest BCUT2D eigenvalue weighted by Crippen LogP contribution is -2.10. The van der Waals surface area contributed by atoms with Gasteiger partial charge in [0, 0.05) is 13.3 Å². The fourth-order valence-electron chi connectivity index (χ4n) is 0.563. The quantitative estimate of drug-likeness (QED) is 0.683. The second kappa shape index (κ2) is 3.14. The number of hydrogen-bond acceptors (Lipinski definition) is 4. The first kappa shape index (κ1) is 7.71. The summed E-state index contributed by atoms with van der Waals surface area (Å²) in [6, 6.07) is 0. The third kappa shape index (κ3) is 2.03. The molecule has 0 atom stereocenters. The third-order valence-electron chi connectivity index (χ3n) is 1.10. The van der Waals surface area contributed by atoms with Crippen molar-refractivity contribution in [2.24, 2.45) is 0 Å². The number of nitrogens with one attached hydrogen (secondary N) is 1. The highest BCUT2D eigenvalue weighted by molar-refractivity contribution is 5.88. The van der Waals surface area contributed by atoms with Crippen molar-refractivity contribution in [2.45, 2.75) is 20.3 Å². The van der Waals surface area contributed by atoms with Crippen LogP contribution in [0.3, 0.4) is 0 Å². The average molecular weight is 155 g/mol. The number of nitrogens with zero attached hydrogens (tertiary/aromatic N) is 2. The molecule has 1 N–H and O–H groups in total. The Hall–Kier alpha value is -1.39. The van der Waals surface area contributed by atoms with Gasteiger partial charge in [0.05, 0.1) is 0 Å². The Morgan fingerprint density at radius 2 is 2.45 bits per heavy atom. The molecule has 0 fully saturated rings. The van der Waals surface area contributed by atoms with E-state index in [0.717, 1.165) is 0 Å². The lowest BCUT2D eigenvalue weighted by molar-refractivity contribution is -0.115. The molecule has 1 heterocycles. The molecule has 0 aliphatic heterocycles. The Balaban J connectivity index is 2.57. The first-order valence-electron chi connectivity index (χ1n) is 3.32. The number of aryl methyl sites for hydroxylation is 1. The maximum absolute atomic E-state index is 10.8. The van der Waals surface area contributed by atoms with Crippen LogP contribution < -0.4 is 5.32 Å². The van der Waals surface area contributed by atoms with Crippen LogP contribution in [0.1, 0.15) is 19.2 Å². The van der Waals surface area contributed by atoms with Gasteiger partial charge in [0.25, 0.3) is 5.95 Å². The average Bonchev–Trinajstić information content (AvgIpc) is 2.35.